The van der Waals surface area contributed by atoms with Crippen LogP contribution in [0.1, 0.15) is 28.9 Å². The maximum absolute atomic E-state index is 12.5. The normalized spacial score (nSPS) is 14.5. The second-order valence-corrected chi connectivity index (χ2v) is 6.41. The Bertz CT molecular complexity index is 812. The van der Waals surface area contributed by atoms with Gasteiger partial charge in [0, 0.05) is 25.4 Å². The van der Waals surface area contributed by atoms with Gasteiger partial charge < -0.3 is 10.1 Å². The first-order chi connectivity index (χ1) is 12.7. The molecule has 1 amide bonds. The summed E-state index contributed by atoms with van der Waals surface area (Å²) in [6, 6.07) is 10.6. The van der Waals surface area contributed by atoms with Crippen LogP contribution in [-0.4, -0.2) is 47.4 Å². The first-order valence-corrected chi connectivity index (χ1v) is 8.85. The Balaban J connectivity index is 1.68. The summed E-state index contributed by atoms with van der Waals surface area (Å²) in [6.07, 6.45) is 2.50. The molecule has 1 fully saturated rings. The molecule has 3 rings (SSSR count). The molecule has 0 saturated carbocycles. The third kappa shape index (κ3) is 4.77. The number of nitrogens with one attached hydrogen (secondary N) is 1. The van der Waals surface area contributed by atoms with E-state index in [4.69, 9.17) is 4.74 Å². The van der Waals surface area contributed by atoms with E-state index in [0.29, 0.717) is 13.2 Å². The highest BCUT2D eigenvalue weighted by atomic mass is 16.5. The molecule has 7 nitrogen and oxygen atoms in total. The van der Waals surface area contributed by atoms with Crippen LogP contribution in [0.15, 0.2) is 41.2 Å². The number of hydrogen-bond acceptors (Lipinski definition) is 5. The van der Waals surface area contributed by atoms with Gasteiger partial charge in [-0.05, 0) is 49.7 Å². The standard InChI is InChI=1S/C19H24N4O3/c1-26-12-11-23-18(24)8-7-17(21-23)19(25)20-16-6-4-5-15(13-16)14-22-9-2-3-10-22/h4-8,13H,2-3,9-12,14H2,1H3,(H,20,25). The second kappa shape index (κ2) is 8.73. The Hall–Kier alpha value is -2.51. The number of anilines is 1. The Morgan fingerprint density at radius 3 is 2.81 bits per heavy atom. The number of carbonyl (C=O) groups is 1. The van der Waals surface area contributed by atoms with Crippen molar-refractivity contribution >= 4 is 11.6 Å². The molecular weight excluding hydrogens is 332 g/mol. The monoisotopic (exact) mass is 356 g/mol. The van der Waals surface area contributed by atoms with E-state index in [1.54, 1.807) is 7.11 Å². The second-order valence-electron chi connectivity index (χ2n) is 6.41. The molecule has 1 saturated heterocycles. The Labute approximate surface area is 152 Å². The van der Waals surface area contributed by atoms with Crippen molar-refractivity contribution in [1.82, 2.24) is 14.7 Å². The molecule has 0 bridgehead atoms. The summed E-state index contributed by atoms with van der Waals surface area (Å²) in [4.78, 5) is 26.7. The minimum atomic E-state index is -0.338. The molecule has 1 N–H and O–H groups in total. The fourth-order valence-corrected chi connectivity index (χ4v) is 3.05. The van der Waals surface area contributed by atoms with Crippen LogP contribution in [0.5, 0.6) is 0 Å². The smallest absolute Gasteiger partial charge is 0.276 e. The highest BCUT2D eigenvalue weighted by Crippen LogP contribution is 2.16. The van der Waals surface area contributed by atoms with E-state index in [2.05, 4.69) is 21.4 Å². The first kappa shape index (κ1) is 18.3. The molecule has 0 spiro atoms. The molecule has 0 radical (unpaired) electrons. The van der Waals surface area contributed by atoms with Crippen molar-refractivity contribution in [3.8, 4) is 0 Å². The van der Waals surface area contributed by atoms with Crippen LogP contribution < -0.4 is 10.9 Å². The van der Waals surface area contributed by atoms with Crippen molar-refractivity contribution in [3.05, 3.63) is 58.0 Å². The van der Waals surface area contributed by atoms with E-state index >= 15 is 0 Å². The molecule has 1 aliphatic heterocycles. The van der Waals surface area contributed by atoms with E-state index in [1.165, 1.54) is 35.2 Å². The summed E-state index contributed by atoms with van der Waals surface area (Å²) in [7, 11) is 1.55. The molecule has 2 aromatic rings. The SMILES string of the molecule is COCCn1nc(C(=O)Nc2cccc(CN3CCCC3)c2)ccc1=O. The number of likely N-dealkylation sites (tertiary alicyclic amines) is 1. The lowest BCUT2D eigenvalue weighted by atomic mass is 10.2. The van der Waals surface area contributed by atoms with E-state index in [-0.39, 0.29) is 17.2 Å². The maximum Gasteiger partial charge on any atom is 0.276 e. The lowest BCUT2D eigenvalue weighted by Gasteiger charge is -2.15. The third-order valence-electron chi connectivity index (χ3n) is 4.40. The van der Waals surface area contributed by atoms with Gasteiger partial charge in [-0.25, -0.2) is 4.68 Å². The fraction of sp³-hybridized carbons (Fsp3) is 0.421. The topological polar surface area (TPSA) is 76.5 Å². The molecule has 0 unspecified atom stereocenters. The molecule has 138 valence electrons. The van der Waals surface area contributed by atoms with Crippen molar-refractivity contribution < 1.29 is 9.53 Å². The van der Waals surface area contributed by atoms with Crippen LogP contribution in [0.4, 0.5) is 5.69 Å². The number of nitrogens with zero attached hydrogens (tertiary/aromatic N) is 3. The van der Waals surface area contributed by atoms with Gasteiger partial charge in [0.25, 0.3) is 11.5 Å². The Morgan fingerprint density at radius 2 is 2.04 bits per heavy atom. The molecule has 7 heteroatoms. The highest BCUT2D eigenvalue weighted by Gasteiger charge is 2.13. The maximum atomic E-state index is 12.5. The number of methoxy groups -OCH3 is 1. The van der Waals surface area contributed by atoms with Crippen LogP contribution >= 0.6 is 0 Å². The summed E-state index contributed by atoms with van der Waals surface area (Å²) < 4.78 is 6.20. The van der Waals surface area contributed by atoms with E-state index in [1.807, 2.05) is 18.2 Å². The van der Waals surface area contributed by atoms with Crippen LogP contribution in [0.25, 0.3) is 0 Å². The average Bonchev–Trinajstić information content (AvgIpc) is 3.14. The average molecular weight is 356 g/mol. The molecule has 2 heterocycles. The van der Waals surface area contributed by atoms with Gasteiger partial charge in [-0.1, -0.05) is 12.1 Å². The lowest BCUT2D eigenvalue weighted by molar-refractivity contribution is 0.101. The van der Waals surface area contributed by atoms with E-state index in [0.717, 1.165) is 25.3 Å². The van der Waals surface area contributed by atoms with Crippen molar-refractivity contribution in [1.29, 1.82) is 0 Å². The molecule has 0 atom stereocenters. The van der Waals surface area contributed by atoms with Crippen molar-refractivity contribution in [2.75, 3.05) is 32.1 Å². The summed E-state index contributed by atoms with van der Waals surface area (Å²) >= 11 is 0. The predicted molar refractivity (Wildman–Crippen MR) is 99.3 cm³/mol. The predicted octanol–water partition coefficient (Wildman–Crippen LogP) is 1.74. The lowest BCUT2D eigenvalue weighted by Crippen LogP contribution is -2.27. The van der Waals surface area contributed by atoms with Crippen LogP contribution in [0.3, 0.4) is 0 Å². The summed E-state index contributed by atoms with van der Waals surface area (Å²) in [5.74, 6) is -0.338. The third-order valence-corrected chi connectivity index (χ3v) is 4.40. The van der Waals surface area contributed by atoms with Gasteiger partial charge in [0.15, 0.2) is 0 Å². The zero-order chi connectivity index (χ0) is 18.4. The van der Waals surface area contributed by atoms with Crippen molar-refractivity contribution in [2.45, 2.75) is 25.9 Å². The minimum absolute atomic E-state index is 0.200. The van der Waals surface area contributed by atoms with Gasteiger partial charge in [-0.15, -0.1) is 0 Å². The number of ether oxygens (including phenoxy) is 1. The largest absolute Gasteiger partial charge is 0.383 e. The van der Waals surface area contributed by atoms with Crippen molar-refractivity contribution in [3.63, 3.8) is 0 Å². The van der Waals surface area contributed by atoms with Crippen molar-refractivity contribution in [2.24, 2.45) is 0 Å². The number of hydrogen-bond donors (Lipinski definition) is 1. The van der Waals surface area contributed by atoms with Gasteiger partial charge in [0.1, 0.15) is 5.69 Å². The van der Waals surface area contributed by atoms with E-state index < -0.39 is 0 Å². The van der Waals surface area contributed by atoms with Gasteiger partial charge >= 0.3 is 0 Å². The molecule has 1 aromatic carbocycles. The highest BCUT2D eigenvalue weighted by molar-refractivity contribution is 6.02. The number of benzene rings is 1. The zero-order valence-corrected chi connectivity index (χ0v) is 15.0. The zero-order valence-electron chi connectivity index (χ0n) is 15.0. The van der Waals surface area contributed by atoms with Crippen LogP contribution in [0.2, 0.25) is 0 Å². The van der Waals surface area contributed by atoms with Crippen LogP contribution in [-0.2, 0) is 17.8 Å². The van der Waals surface area contributed by atoms with E-state index in [9.17, 15) is 9.59 Å². The van der Waals surface area contributed by atoms with Gasteiger partial charge in [-0.2, -0.15) is 5.10 Å². The fourth-order valence-electron chi connectivity index (χ4n) is 3.05. The molecule has 1 aliphatic rings. The summed E-state index contributed by atoms with van der Waals surface area (Å²) in [5, 5.41) is 6.98. The quantitative estimate of drug-likeness (QED) is 0.818. The molecular formula is C19H24N4O3. The first-order valence-electron chi connectivity index (χ1n) is 8.85. The van der Waals surface area contributed by atoms with Gasteiger partial charge in [-0.3, -0.25) is 14.5 Å². The van der Waals surface area contributed by atoms with Gasteiger partial charge in [0.2, 0.25) is 0 Å². The number of carbonyl (C=O) groups excluding carboxylic acids is 1. The number of aromatic nitrogens is 2. The summed E-state index contributed by atoms with van der Waals surface area (Å²) in [6.45, 7) is 3.81. The molecule has 1 aromatic heterocycles. The Kier molecular flexibility index (Phi) is 6.14. The van der Waals surface area contributed by atoms with Gasteiger partial charge in [0.05, 0.1) is 13.2 Å². The number of rotatable bonds is 7. The minimum Gasteiger partial charge on any atom is -0.383 e. The molecule has 26 heavy (non-hydrogen) atoms. The number of amides is 1. The molecule has 0 aliphatic carbocycles. The van der Waals surface area contributed by atoms with Crippen LogP contribution in [0, 0.1) is 0 Å². The summed E-state index contributed by atoms with van der Waals surface area (Å²) in [5.41, 5.74) is 1.84. The Morgan fingerprint density at radius 1 is 1.23 bits per heavy atom.